The molecule has 0 aliphatic heterocycles. The van der Waals surface area contributed by atoms with Crippen LogP contribution in [0.15, 0.2) is 22.7 Å². The zero-order valence-corrected chi connectivity index (χ0v) is 8.60. The summed E-state index contributed by atoms with van der Waals surface area (Å²) in [6.45, 7) is 2.06. The van der Waals surface area contributed by atoms with Crippen molar-refractivity contribution in [1.29, 1.82) is 0 Å². The second kappa shape index (κ2) is 4.41. The number of benzene rings is 1. The average Bonchev–Trinajstić information content (AvgIpc) is 2.04. The van der Waals surface area contributed by atoms with Crippen LogP contribution >= 0.6 is 15.9 Å². The Morgan fingerprint density at radius 3 is 2.83 bits per heavy atom. The van der Waals surface area contributed by atoms with Gasteiger partial charge in [0.1, 0.15) is 6.29 Å². The van der Waals surface area contributed by atoms with Crippen LogP contribution in [0.2, 0.25) is 0 Å². The average molecular weight is 227 g/mol. The summed E-state index contributed by atoms with van der Waals surface area (Å²) in [5.74, 6) is 0. The Kier molecular flexibility index (Phi) is 3.48. The molecule has 0 fully saturated rings. The fourth-order valence-corrected chi connectivity index (χ4v) is 1.85. The van der Waals surface area contributed by atoms with Gasteiger partial charge in [-0.05, 0) is 30.5 Å². The molecule has 0 heterocycles. The van der Waals surface area contributed by atoms with Crippen molar-refractivity contribution in [3.63, 3.8) is 0 Å². The summed E-state index contributed by atoms with van der Waals surface area (Å²) < 4.78 is 1.10. The van der Waals surface area contributed by atoms with Crippen molar-refractivity contribution < 1.29 is 4.79 Å². The molecule has 0 amide bonds. The van der Waals surface area contributed by atoms with Gasteiger partial charge in [0.2, 0.25) is 0 Å². The highest BCUT2D eigenvalue weighted by Gasteiger charge is 2.01. The van der Waals surface area contributed by atoms with Gasteiger partial charge in [-0.1, -0.05) is 28.1 Å². The number of hydrogen-bond donors (Lipinski definition) is 0. The second-order valence-corrected chi connectivity index (χ2v) is 3.59. The third kappa shape index (κ3) is 2.18. The van der Waals surface area contributed by atoms with Gasteiger partial charge in [-0.3, -0.25) is 0 Å². The summed E-state index contributed by atoms with van der Waals surface area (Å²) in [4.78, 5) is 10.2. The highest BCUT2D eigenvalue weighted by atomic mass is 79.9. The van der Waals surface area contributed by atoms with E-state index in [9.17, 15) is 4.79 Å². The van der Waals surface area contributed by atoms with Crippen molar-refractivity contribution in [2.75, 3.05) is 0 Å². The number of halogens is 1. The maximum Gasteiger partial charge on any atom is 0.120 e. The Morgan fingerprint density at radius 1 is 1.50 bits per heavy atom. The minimum atomic E-state index is 0.601. The van der Waals surface area contributed by atoms with Gasteiger partial charge < -0.3 is 4.79 Å². The lowest BCUT2D eigenvalue weighted by Crippen LogP contribution is -1.91. The summed E-state index contributed by atoms with van der Waals surface area (Å²) in [5, 5.41) is 0. The molecule has 64 valence electrons. The van der Waals surface area contributed by atoms with Crippen LogP contribution in [0.1, 0.15) is 17.5 Å². The first-order valence-corrected chi connectivity index (χ1v) is 4.72. The molecule has 1 aromatic rings. The predicted octanol–water partition coefficient (Wildman–Crippen LogP) is 2.89. The van der Waals surface area contributed by atoms with Gasteiger partial charge in [0.05, 0.1) is 0 Å². The van der Waals surface area contributed by atoms with Crippen LogP contribution in [-0.2, 0) is 11.2 Å². The maximum atomic E-state index is 10.2. The molecular formula is C10H11BrO. The van der Waals surface area contributed by atoms with Gasteiger partial charge in [0.15, 0.2) is 0 Å². The van der Waals surface area contributed by atoms with Crippen LogP contribution in [0.25, 0.3) is 0 Å². The van der Waals surface area contributed by atoms with Crippen molar-refractivity contribution >= 4 is 22.2 Å². The summed E-state index contributed by atoms with van der Waals surface area (Å²) in [5.41, 5.74) is 2.48. The molecule has 0 aliphatic rings. The molecule has 1 nitrogen and oxygen atoms in total. The van der Waals surface area contributed by atoms with Gasteiger partial charge in [0.25, 0.3) is 0 Å². The molecule has 1 rings (SSSR count). The summed E-state index contributed by atoms with van der Waals surface area (Å²) in [7, 11) is 0. The van der Waals surface area contributed by atoms with Crippen molar-refractivity contribution in [1.82, 2.24) is 0 Å². The highest BCUT2D eigenvalue weighted by molar-refractivity contribution is 9.10. The minimum absolute atomic E-state index is 0.601. The Labute approximate surface area is 80.9 Å². The van der Waals surface area contributed by atoms with Crippen LogP contribution in [0.5, 0.6) is 0 Å². The molecule has 0 saturated heterocycles. The predicted molar refractivity (Wildman–Crippen MR) is 53.3 cm³/mol. The molecule has 0 saturated carbocycles. The zero-order valence-electron chi connectivity index (χ0n) is 7.01. The number of carbonyl (C=O) groups excluding carboxylic acids is 1. The Morgan fingerprint density at radius 2 is 2.25 bits per heavy atom. The Balaban J connectivity index is 2.88. The number of rotatable bonds is 3. The van der Waals surface area contributed by atoms with E-state index in [0.717, 1.165) is 17.2 Å². The number of carbonyl (C=O) groups is 1. The molecule has 0 bridgehead atoms. The van der Waals surface area contributed by atoms with Gasteiger partial charge in [-0.2, -0.15) is 0 Å². The Hall–Kier alpha value is -0.630. The summed E-state index contributed by atoms with van der Waals surface area (Å²) in [6.07, 6.45) is 2.39. The zero-order chi connectivity index (χ0) is 8.97. The Bertz CT molecular complexity index is 261. The lowest BCUT2D eigenvalue weighted by atomic mass is 10.0. The van der Waals surface area contributed by atoms with Crippen LogP contribution in [0.4, 0.5) is 0 Å². The van der Waals surface area contributed by atoms with E-state index in [0.29, 0.717) is 6.42 Å². The van der Waals surface area contributed by atoms with Crippen LogP contribution in [0, 0.1) is 6.92 Å². The molecule has 12 heavy (non-hydrogen) atoms. The van der Waals surface area contributed by atoms with Crippen molar-refractivity contribution in [3.8, 4) is 0 Å². The molecule has 2 heteroatoms. The summed E-state index contributed by atoms with van der Waals surface area (Å²) >= 11 is 3.46. The van der Waals surface area contributed by atoms with E-state index >= 15 is 0 Å². The lowest BCUT2D eigenvalue weighted by molar-refractivity contribution is -0.107. The maximum absolute atomic E-state index is 10.2. The van der Waals surface area contributed by atoms with E-state index in [4.69, 9.17) is 0 Å². The fraction of sp³-hybridized carbons (Fsp3) is 0.300. The largest absolute Gasteiger partial charge is 0.303 e. The number of hydrogen-bond acceptors (Lipinski definition) is 1. The smallest absolute Gasteiger partial charge is 0.120 e. The molecular weight excluding hydrogens is 216 g/mol. The van der Waals surface area contributed by atoms with Crippen molar-refractivity contribution in [2.24, 2.45) is 0 Å². The molecule has 0 aliphatic carbocycles. The first-order chi connectivity index (χ1) is 5.75. The van der Waals surface area contributed by atoms with E-state index in [2.05, 4.69) is 28.9 Å². The van der Waals surface area contributed by atoms with Crippen LogP contribution in [0.3, 0.4) is 0 Å². The van der Waals surface area contributed by atoms with Crippen LogP contribution < -0.4 is 0 Å². The molecule has 1 aromatic carbocycles. The van der Waals surface area contributed by atoms with Gasteiger partial charge in [0, 0.05) is 10.9 Å². The molecule has 0 radical (unpaired) electrons. The quantitative estimate of drug-likeness (QED) is 0.725. The first-order valence-electron chi connectivity index (χ1n) is 3.93. The monoisotopic (exact) mass is 226 g/mol. The fourth-order valence-electron chi connectivity index (χ4n) is 1.19. The van der Waals surface area contributed by atoms with E-state index in [1.165, 1.54) is 11.1 Å². The first kappa shape index (κ1) is 9.46. The van der Waals surface area contributed by atoms with E-state index in [1.807, 2.05) is 12.1 Å². The van der Waals surface area contributed by atoms with E-state index in [1.54, 1.807) is 0 Å². The third-order valence-corrected chi connectivity index (χ3v) is 2.61. The minimum Gasteiger partial charge on any atom is -0.303 e. The van der Waals surface area contributed by atoms with Crippen LogP contribution in [-0.4, -0.2) is 6.29 Å². The molecule has 0 N–H and O–H groups in total. The van der Waals surface area contributed by atoms with E-state index < -0.39 is 0 Å². The molecule has 0 atom stereocenters. The highest BCUT2D eigenvalue weighted by Crippen LogP contribution is 2.20. The second-order valence-electron chi connectivity index (χ2n) is 2.74. The molecule has 0 unspecified atom stereocenters. The molecule has 0 aromatic heterocycles. The topological polar surface area (TPSA) is 17.1 Å². The van der Waals surface area contributed by atoms with Crippen molar-refractivity contribution in [3.05, 3.63) is 33.8 Å². The third-order valence-electron chi connectivity index (χ3n) is 1.87. The number of aldehydes is 1. The van der Waals surface area contributed by atoms with Gasteiger partial charge in [-0.15, -0.1) is 0 Å². The van der Waals surface area contributed by atoms with Gasteiger partial charge >= 0.3 is 0 Å². The normalized spacial score (nSPS) is 9.83. The standard InChI is InChI=1S/C10H11BrO/c1-8-4-2-6-10(11)9(8)5-3-7-12/h2,4,6-7H,3,5H2,1H3. The lowest BCUT2D eigenvalue weighted by Gasteiger charge is -2.05. The number of aryl methyl sites for hydroxylation is 1. The van der Waals surface area contributed by atoms with Crippen molar-refractivity contribution in [2.45, 2.75) is 19.8 Å². The van der Waals surface area contributed by atoms with E-state index in [-0.39, 0.29) is 0 Å². The molecule has 0 spiro atoms. The SMILES string of the molecule is Cc1cccc(Br)c1CCC=O. The van der Waals surface area contributed by atoms with Gasteiger partial charge in [-0.25, -0.2) is 0 Å². The summed E-state index contributed by atoms with van der Waals surface area (Å²) in [6, 6.07) is 6.07.